The van der Waals surface area contributed by atoms with Crippen LogP contribution in [0.1, 0.15) is 58.9 Å². The van der Waals surface area contributed by atoms with Gasteiger partial charge in [-0.15, -0.1) is 0 Å². The normalized spacial score (nSPS) is 19.6. The van der Waals surface area contributed by atoms with E-state index >= 15 is 0 Å². The van der Waals surface area contributed by atoms with Crippen LogP contribution in [0.25, 0.3) is 12.2 Å². The number of aromatic nitrogens is 1. The van der Waals surface area contributed by atoms with E-state index < -0.39 is 5.97 Å². The highest BCUT2D eigenvalue weighted by Gasteiger charge is 2.37. The highest BCUT2D eigenvalue weighted by Crippen LogP contribution is 2.44. The van der Waals surface area contributed by atoms with Gasteiger partial charge in [-0.2, -0.15) is 0 Å². The molecule has 0 radical (unpaired) electrons. The van der Waals surface area contributed by atoms with Gasteiger partial charge in [0.1, 0.15) is 5.76 Å². The molecule has 41 heavy (non-hydrogen) atoms. The average Bonchev–Trinajstić information content (AvgIpc) is 3.65. The van der Waals surface area contributed by atoms with Crippen LogP contribution in [0.2, 0.25) is 0 Å². The molecular formula is C33H35N5O3. The number of aromatic amines is 1. The number of rotatable bonds is 5. The van der Waals surface area contributed by atoms with Crippen LogP contribution in [0.5, 0.6) is 0 Å². The molecule has 8 bridgehead atoms. The standard InChI is InChI=1S/C33H35N5O3/c1-8-19-15(2)22-14-27-33(38(6)7)18(5)25(35-27)12-23-16(3)20(9-10-29(40)41)31(36-23)21-11-28(39)30-17(4)24(37-32(21)30)13-26(19)34-22/h12-14,35,39H,8-11H2,1-7H3,(H,40,41). The van der Waals surface area contributed by atoms with Crippen LogP contribution in [0.15, 0.2) is 82.9 Å². The van der Waals surface area contributed by atoms with Crippen molar-refractivity contribution in [3.05, 3.63) is 84.2 Å². The van der Waals surface area contributed by atoms with Crippen molar-refractivity contribution in [2.75, 3.05) is 19.0 Å². The van der Waals surface area contributed by atoms with E-state index in [2.05, 4.69) is 36.7 Å². The Kier molecular flexibility index (Phi) is 6.25. The predicted octanol–water partition coefficient (Wildman–Crippen LogP) is 4.86. The number of nitrogens with zero attached hydrogens (tertiary/aromatic N) is 4. The molecule has 210 valence electrons. The van der Waals surface area contributed by atoms with E-state index in [1.807, 2.05) is 40.1 Å². The fraction of sp³-hybridized carbons (Fsp3) is 0.333. The molecule has 1 aromatic rings. The maximum Gasteiger partial charge on any atom is 0.303 e. The molecule has 0 atom stereocenters. The fourth-order valence-electron chi connectivity index (χ4n) is 6.53. The number of hydrogen-bond acceptors (Lipinski definition) is 6. The van der Waals surface area contributed by atoms with Gasteiger partial charge in [0.25, 0.3) is 0 Å². The molecule has 0 saturated heterocycles. The Hall–Kier alpha value is -4.46. The molecule has 1 aliphatic carbocycles. The molecule has 0 saturated carbocycles. The van der Waals surface area contributed by atoms with Gasteiger partial charge in [0, 0.05) is 43.4 Å². The Balaban J connectivity index is 1.70. The van der Waals surface area contributed by atoms with E-state index in [0.29, 0.717) is 12.8 Å². The molecule has 0 aromatic carbocycles. The molecule has 0 spiro atoms. The summed E-state index contributed by atoms with van der Waals surface area (Å²) < 4.78 is 0. The molecule has 3 N–H and O–H groups in total. The largest absolute Gasteiger partial charge is 0.511 e. The molecule has 8 nitrogen and oxygen atoms in total. The minimum absolute atomic E-state index is 0.00334. The third-order valence-corrected chi connectivity index (χ3v) is 8.68. The van der Waals surface area contributed by atoms with Crippen LogP contribution in [-0.2, 0) is 4.79 Å². The zero-order chi connectivity index (χ0) is 29.3. The fourth-order valence-corrected chi connectivity index (χ4v) is 6.53. The number of aliphatic hydroxyl groups is 1. The summed E-state index contributed by atoms with van der Waals surface area (Å²) >= 11 is 0. The molecule has 5 aliphatic rings. The summed E-state index contributed by atoms with van der Waals surface area (Å²) in [6.45, 7) is 10.3. The zero-order valence-electron chi connectivity index (χ0n) is 24.7. The number of H-pyrrole nitrogens is 1. The number of hydrogen-bond donors (Lipinski definition) is 3. The number of carboxylic acid groups (broad SMARTS) is 1. The lowest BCUT2D eigenvalue weighted by molar-refractivity contribution is -0.136. The van der Waals surface area contributed by atoms with Gasteiger partial charge < -0.3 is 20.1 Å². The number of anilines is 1. The number of nitrogens with one attached hydrogen (secondary N) is 1. The van der Waals surface area contributed by atoms with Crippen molar-refractivity contribution >= 4 is 40.9 Å². The molecule has 8 heteroatoms. The molecule has 5 heterocycles. The Labute approximate surface area is 239 Å². The second-order valence-corrected chi connectivity index (χ2v) is 11.4. The summed E-state index contributed by atoms with van der Waals surface area (Å²) in [6.07, 6.45) is 7.69. The van der Waals surface area contributed by atoms with Crippen molar-refractivity contribution in [1.82, 2.24) is 4.98 Å². The van der Waals surface area contributed by atoms with Crippen LogP contribution < -0.4 is 15.6 Å². The molecule has 0 amide bonds. The van der Waals surface area contributed by atoms with Gasteiger partial charge in [-0.05, 0) is 92.2 Å². The van der Waals surface area contributed by atoms with Crippen molar-refractivity contribution in [2.45, 2.75) is 60.3 Å². The van der Waals surface area contributed by atoms with Crippen molar-refractivity contribution in [1.29, 1.82) is 0 Å². The van der Waals surface area contributed by atoms with Gasteiger partial charge in [0.05, 0.1) is 45.3 Å². The minimum atomic E-state index is -0.856. The van der Waals surface area contributed by atoms with Crippen molar-refractivity contribution in [3.63, 3.8) is 0 Å². The lowest BCUT2D eigenvalue weighted by atomic mass is 9.96. The number of aliphatic imine (C=N–C) groups is 3. The van der Waals surface area contributed by atoms with Gasteiger partial charge in [0.15, 0.2) is 0 Å². The van der Waals surface area contributed by atoms with Crippen LogP contribution in [0, 0.1) is 6.92 Å². The van der Waals surface area contributed by atoms with Gasteiger partial charge in [-0.3, -0.25) is 4.79 Å². The van der Waals surface area contributed by atoms with E-state index in [1.165, 1.54) is 5.57 Å². The lowest BCUT2D eigenvalue weighted by Gasteiger charge is -2.11. The second-order valence-electron chi connectivity index (χ2n) is 11.4. The first-order chi connectivity index (χ1) is 19.5. The van der Waals surface area contributed by atoms with E-state index in [9.17, 15) is 15.0 Å². The number of aliphatic hydroxyl groups excluding tert-OH is 1. The van der Waals surface area contributed by atoms with E-state index in [4.69, 9.17) is 15.0 Å². The summed E-state index contributed by atoms with van der Waals surface area (Å²) in [5.41, 5.74) is 13.6. The molecule has 0 fully saturated rings. The topological polar surface area (TPSA) is 114 Å². The third kappa shape index (κ3) is 4.12. The Morgan fingerprint density at radius 3 is 2.32 bits per heavy atom. The first kappa shape index (κ1) is 26.7. The number of carboxylic acids is 1. The molecule has 4 aliphatic heterocycles. The average molecular weight is 550 g/mol. The number of aliphatic carboxylic acids is 1. The highest BCUT2D eigenvalue weighted by molar-refractivity contribution is 6.26. The minimum Gasteiger partial charge on any atom is -0.511 e. The summed E-state index contributed by atoms with van der Waals surface area (Å²) in [6, 6.07) is 0. The third-order valence-electron chi connectivity index (χ3n) is 8.68. The van der Waals surface area contributed by atoms with Crippen molar-refractivity contribution in [2.24, 2.45) is 15.0 Å². The summed E-state index contributed by atoms with van der Waals surface area (Å²) in [5.74, 6) is -0.585. The van der Waals surface area contributed by atoms with E-state index in [0.717, 1.165) is 96.0 Å². The van der Waals surface area contributed by atoms with Crippen LogP contribution in [0.3, 0.4) is 0 Å². The van der Waals surface area contributed by atoms with Crippen molar-refractivity contribution < 1.29 is 15.0 Å². The monoisotopic (exact) mass is 549 g/mol. The van der Waals surface area contributed by atoms with Gasteiger partial charge >= 0.3 is 5.97 Å². The van der Waals surface area contributed by atoms with Crippen LogP contribution in [-0.4, -0.2) is 52.4 Å². The summed E-state index contributed by atoms with van der Waals surface area (Å²) in [5, 5.41) is 22.5. The first-order valence-corrected chi connectivity index (χ1v) is 14.1. The van der Waals surface area contributed by atoms with Gasteiger partial charge in [0.2, 0.25) is 0 Å². The van der Waals surface area contributed by atoms with Gasteiger partial charge in [-0.25, -0.2) is 15.0 Å². The smallest absolute Gasteiger partial charge is 0.303 e. The molecular weight excluding hydrogens is 514 g/mol. The maximum absolute atomic E-state index is 11.6. The summed E-state index contributed by atoms with van der Waals surface area (Å²) in [7, 11) is 4.07. The molecule has 6 rings (SSSR count). The maximum atomic E-state index is 11.6. The zero-order valence-corrected chi connectivity index (χ0v) is 24.7. The van der Waals surface area contributed by atoms with Crippen molar-refractivity contribution in [3.8, 4) is 0 Å². The Morgan fingerprint density at radius 2 is 1.63 bits per heavy atom. The van der Waals surface area contributed by atoms with E-state index in [-0.39, 0.29) is 12.2 Å². The summed E-state index contributed by atoms with van der Waals surface area (Å²) in [4.78, 5) is 32.5. The Bertz CT molecular complexity index is 1880. The highest BCUT2D eigenvalue weighted by atomic mass is 16.4. The van der Waals surface area contributed by atoms with Crippen LogP contribution >= 0.6 is 0 Å². The first-order valence-electron chi connectivity index (χ1n) is 14.1. The second kappa shape index (κ2) is 9.58. The van der Waals surface area contributed by atoms with Crippen LogP contribution in [0.4, 0.5) is 5.69 Å². The lowest BCUT2D eigenvalue weighted by Crippen LogP contribution is -2.20. The van der Waals surface area contributed by atoms with E-state index in [1.54, 1.807) is 0 Å². The van der Waals surface area contributed by atoms with Gasteiger partial charge in [-0.1, -0.05) is 6.92 Å². The molecule has 1 aromatic heterocycles. The SMILES string of the molecule is CCC1=C(C)C2=NC1=CC1=C(C)C3=C(O)CC(=C4N=C(C=c5[nH]c(c(N(C)C)c5C)=C2)C(C)=C4CCC(=O)O)C3=N1. The number of allylic oxidation sites excluding steroid dienone is 8. The number of carbonyl (C=O) groups is 1. The molecule has 0 unspecified atom stereocenters. The predicted molar refractivity (Wildman–Crippen MR) is 165 cm³/mol. The number of fused-ring (bicyclic) bond motifs is 5. The Morgan fingerprint density at radius 1 is 0.951 bits per heavy atom. The quantitative estimate of drug-likeness (QED) is 0.487.